The fraction of sp³-hybridized carbons (Fsp3) is 0.0732. The van der Waals surface area contributed by atoms with Crippen LogP contribution in [-0.2, 0) is 6.54 Å². The number of fused-ring (bicyclic) bond motifs is 9. The van der Waals surface area contributed by atoms with Gasteiger partial charge in [0.1, 0.15) is 35.3 Å². The van der Waals surface area contributed by atoms with Gasteiger partial charge in [0.15, 0.2) is 17.8 Å². The zero-order valence-corrected chi connectivity index (χ0v) is 25.6. The zero-order chi connectivity index (χ0) is 31.1. The average molecular weight is 610 g/mol. The van der Waals surface area contributed by atoms with E-state index in [4.69, 9.17) is 18.8 Å². The Bertz CT molecular complexity index is 2670. The summed E-state index contributed by atoms with van der Waals surface area (Å²) in [6, 6.07) is 42.3. The quantitative estimate of drug-likeness (QED) is 0.204. The molecule has 2 aliphatic rings. The minimum atomic E-state index is -0.343. The Kier molecular flexibility index (Phi) is 5.59. The van der Waals surface area contributed by atoms with E-state index in [1.165, 1.54) is 21.5 Å². The Labute approximate surface area is 269 Å². The Morgan fingerprint density at radius 2 is 1.36 bits per heavy atom. The van der Waals surface area contributed by atoms with Gasteiger partial charge in [0.25, 0.3) is 0 Å². The molecule has 1 unspecified atom stereocenters. The summed E-state index contributed by atoms with van der Waals surface area (Å²) in [6.07, 6.45) is 1.82. The van der Waals surface area contributed by atoms with Crippen LogP contribution < -0.4 is 5.32 Å². The molecule has 2 N–H and O–H groups in total. The van der Waals surface area contributed by atoms with Crippen molar-refractivity contribution in [1.82, 2.24) is 4.90 Å². The molecule has 47 heavy (non-hydrogen) atoms. The number of hydrogen-bond donors (Lipinski definition) is 1. The number of nitrogens with zero attached hydrogens (tertiary/aromatic N) is 3. The highest BCUT2D eigenvalue weighted by atomic mass is 16.3. The van der Waals surface area contributed by atoms with Crippen LogP contribution in [-0.4, -0.2) is 23.6 Å². The molecule has 0 radical (unpaired) electrons. The van der Waals surface area contributed by atoms with Crippen LogP contribution in [0.3, 0.4) is 0 Å². The maximum absolute atomic E-state index is 6.36. The van der Waals surface area contributed by atoms with E-state index < -0.39 is 0 Å². The molecule has 2 aromatic heterocycles. The number of furan rings is 2. The first-order valence-corrected chi connectivity index (χ1v) is 16.0. The third-order valence-electron chi connectivity index (χ3n) is 9.65. The first-order valence-electron chi connectivity index (χ1n) is 16.0. The molecule has 6 aromatic carbocycles. The fourth-order valence-electron chi connectivity index (χ4n) is 7.53. The molecule has 8 aromatic rings. The molecule has 0 bridgehead atoms. The molecule has 0 amide bonds. The van der Waals surface area contributed by atoms with Crippen LogP contribution >= 0.6 is 0 Å². The van der Waals surface area contributed by atoms with Crippen molar-refractivity contribution in [3.05, 3.63) is 150 Å². The number of rotatable bonds is 3. The van der Waals surface area contributed by atoms with Crippen molar-refractivity contribution >= 4 is 71.7 Å². The molecule has 224 valence electrons. The lowest BCUT2D eigenvalue weighted by molar-refractivity contribution is -0.607. The van der Waals surface area contributed by atoms with Crippen LogP contribution in [0.4, 0.5) is 0 Å². The van der Waals surface area contributed by atoms with Gasteiger partial charge in [-0.25, -0.2) is 9.98 Å². The summed E-state index contributed by atoms with van der Waals surface area (Å²) in [6.45, 7) is 0.732. The summed E-state index contributed by atoms with van der Waals surface area (Å²) in [4.78, 5) is 13.1. The second-order valence-corrected chi connectivity index (χ2v) is 12.3. The number of quaternary nitrogens is 1. The van der Waals surface area contributed by atoms with E-state index in [1.54, 1.807) is 0 Å². The van der Waals surface area contributed by atoms with Crippen molar-refractivity contribution in [2.75, 3.05) is 7.05 Å². The standard InChI is InChI=1S/C41H28N4O2/c1-45-40(30-17-10-20-35-37(30)28-15-6-8-18-33(28)46-35)43-39(32-22-42-23-36-38(32)29-16-7-9-19-34(29)47-36)44-41(45)31-21-24-11-2-3-12-25(24)26-13-4-5-14-27(26)31/h2-22,41-42H,23H2,1H3/p+1. The second-order valence-electron chi connectivity index (χ2n) is 12.3. The lowest BCUT2D eigenvalue weighted by atomic mass is 9.94. The third kappa shape index (κ3) is 3.89. The SMILES string of the molecule is CN1C(c2cccc3oc4ccccc4c23)=NC(C2=C[NH2+]Cc3oc4ccccc4c32)=NC1c1cc2ccccc2c2ccccc12. The van der Waals surface area contributed by atoms with Gasteiger partial charge in [-0.1, -0.05) is 97.1 Å². The summed E-state index contributed by atoms with van der Waals surface area (Å²) in [7, 11) is 2.11. The monoisotopic (exact) mass is 609 g/mol. The van der Waals surface area contributed by atoms with Crippen LogP contribution in [0.25, 0.3) is 60.0 Å². The first-order chi connectivity index (χ1) is 23.2. The van der Waals surface area contributed by atoms with E-state index in [0.29, 0.717) is 5.84 Å². The first kappa shape index (κ1) is 26.3. The molecule has 0 saturated heterocycles. The molecule has 0 aliphatic carbocycles. The molecular formula is C41H29N4O2+. The van der Waals surface area contributed by atoms with Crippen molar-refractivity contribution in [3.63, 3.8) is 0 Å². The van der Waals surface area contributed by atoms with Gasteiger partial charge >= 0.3 is 0 Å². The largest absolute Gasteiger partial charge is 0.456 e. The van der Waals surface area contributed by atoms with Gasteiger partial charge in [-0.15, -0.1) is 0 Å². The molecule has 0 saturated carbocycles. The van der Waals surface area contributed by atoms with E-state index in [1.807, 2.05) is 30.3 Å². The van der Waals surface area contributed by atoms with E-state index in [2.05, 4.69) is 114 Å². The molecule has 0 spiro atoms. The second kappa shape index (κ2) is 10.0. The molecular weight excluding hydrogens is 580 g/mol. The van der Waals surface area contributed by atoms with Gasteiger partial charge in [0.2, 0.25) is 0 Å². The Hall–Kier alpha value is -5.98. The van der Waals surface area contributed by atoms with E-state index in [9.17, 15) is 0 Å². The van der Waals surface area contributed by atoms with Crippen LogP contribution in [0.2, 0.25) is 0 Å². The summed E-state index contributed by atoms with van der Waals surface area (Å²) in [5.74, 6) is 2.47. The lowest BCUT2D eigenvalue weighted by Gasteiger charge is -2.34. The fourth-order valence-corrected chi connectivity index (χ4v) is 7.53. The molecule has 4 heterocycles. The number of benzene rings is 6. The third-order valence-corrected chi connectivity index (χ3v) is 9.65. The molecule has 1 atom stereocenters. The molecule has 0 fully saturated rings. The highest BCUT2D eigenvalue weighted by Crippen LogP contribution is 2.41. The predicted molar refractivity (Wildman–Crippen MR) is 189 cm³/mol. The van der Waals surface area contributed by atoms with Gasteiger partial charge in [0, 0.05) is 39.9 Å². The van der Waals surface area contributed by atoms with Crippen molar-refractivity contribution in [2.45, 2.75) is 12.7 Å². The minimum absolute atomic E-state index is 0.343. The molecule has 6 heteroatoms. The Morgan fingerprint density at radius 1 is 0.681 bits per heavy atom. The summed E-state index contributed by atoms with van der Waals surface area (Å²) in [5, 5.41) is 10.2. The number of para-hydroxylation sites is 2. The van der Waals surface area contributed by atoms with E-state index >= 15 is 0 Å². The summed E-state index contributed by atoms with van der Waals surface area (Å²) >= 11 is 0. The smallest absolute Gasteiger partial charge is 0.167 e. The van der Waals surface area contributed by atoms with E-state index in [-0.39, 0.29) is 6.17 Å². The zero-order valence-electron chi connectivity index (χ0n) is 25.6. The molecule has 2 aliphatic heterocycles. The summed E-state index contributed by atoms with van der Waals surface area (Å²) < 4.78 is 12.7. The van der Waals surface area contributed by atoms with Crippen molar-refractivity contribution in [1.29, 1.82) is 0 Å². The van der Waals surface area contributed by atoms with E-state index in [0.717, 1.165) is 73.3 Å². The predicted octanol–water partition coefficient (Wildman–Crippen LogP) is 8.55. The van der Waals surface area contributed by atoms with Crippen molar-refractivity contribution < 1.29 is 14.2 Å². The molecule has 6 nitrogen and oxygen atoms in total. The van der Waals surface area contributed by atoms with Crippen LogP contribution in [0.1, 0.15) is 28.6 Å². The van der Waals surface area contributed by atoms with Gasteiger partial charge in [0.05, 0.1) is 5.57 Å². The number of aliphatic imine (C=N–C) groups is 2. The van der Waals surface area contributed by atoms with Crippen molar-refractivity contribution in [2.24, 2.45) is 9.98 Å². The maximum atomic E-state index is 6.36. The Morgan fingerprint density at radius 3 is 2.21 bits per heavy atom. The summed E-state index contributed by atoms with van der Waals surface area (Å²) in [5.41, 5.74) is 6.76. The van der Waals surface area contributed by atoms with Gasteiger partial charge < -0.3 is 19.1 Å². The number of nitrogens with two attached hydrogens (primary N) is 1. The normalized spacial score (nSPS) is 16.6. The number of hydrogen-bond acceptors (Lipinski definition) is 5. The van der Waals surface area contributed by atoms with Crippen LogP contribution in [0, 0.1) is 0 Å². The van der Waals surface area contributed by atoms with Gasteiger partial charge in [-0.2, -0.15) is 0 Å². The lowest BCUT2D eigenvalue weighted by Crippen LogP contribution is -2.77. The average Bonchev–Trinajstić information content (AvgIpc) is 3.70. The van der Waals surface area contributed by atoms with Crippen LogP contribution in [0.15, 0.2) is 146 Å². The minimum Gasteiger partial charge on any atom is -0.456 e. The maximum Gasteiger partial charge on any atom is 0.167 e. The highest BCUT2D eigenvalue weighted by molar-refractivity contribution is 6.31. The van der Waals surface area contributed by atoms with Crippen molar-refractivity contribution in [3.8, 4) is 0 Å². The van der Waals surface area contributed by atoms with Gasteiger partial charge in [-0.05, 0) is 45.8 Å². The number of amidine groups is 2. The highest BCUT2D eigenvalue weighted by Gasteiger charge is 2.34. The molecule has 10 rings (SSSR count). The Balaban J connectivity index is 1.26. The topological polar surface area (TPSA) is 70.8 Å². The van der Waals surface area contributed by atoms with Crippen LogP contribution in [0.5, 0.6) is 0 Å². The van der Waals surface area contributed by atoms with Gasteiger partial charge in [-0.3, -0.25) is 0 Å².